The zero-order chi connectivity index (χ0) is 17.6. The average Bonchev–Trinajstić information content (AvgIpc) is 3.50. The van der Waals surface area contributed by atoms with Crippen LogP contribution in [0.5, 0.6) is 5.75 Å². The van der Waals surface area contributed by atoms with E-state index in [1.165, 1.54) is 0 Å². The maximum atomic E-state index is 12.3. The lowest BCUT2D eigenvalue weighted by Gasteiger charge is -2.12. The number of hydrogen-bond acceptors (Lipinski definition) is 4. The topological polar surface area (TPSA) is 81.4 Å². The van der Waals surface area contributed by atoms with E-state index in [0.717, 1.165) is 12.8 Å². The van der Waals surface area contributed by atoms with Crippen molar-refractivity contribution in [2.24, 2.45) is 11.7 Å². The van der Waals surface area contributed by atoms with E-state index in [9.17, 15) is 9.59 Å². The molecule has 3 N–H and O–H groups in total. The van der Waals surface area contributed by atoms with Crippen molar-refractivity contribution in [2.75, 3.05) is 13.2 Å². The second-order valence-electron chi connectivity index (χ2n) is 6.31. The second kappa shape index (κ2) is 9.36. The first kappa shape index (κ1) is 19.9. The molecule has 1 aliphatic rings. The molecule has 0 spiro atoms. The first-order chi connectivity index (χ1) is 12.1. The Morgan fingerprint density at radius 1 is 1.04 bits per heavy atom. The number of amides is 1. The molecule has 5 nitrogen and oxygen atoms in total. The van der Waals surface area contributed by atoms with Crippen LogP contribution >= 0.6 is 12.4 Å². The minimum atomic E-state index is -0.194. The summed E-state index contributed by atoms with van der Waals surface area (Å²) in [5.74, 6) is 0.863. The van der Waals surface area contributed by atoms with Gasteiger partial charge in [-0.2, -0.15) is 0 Å². The van der Waals surface area contributed by atoms with Crippen LogP contribution in [0, 0.1) is 5.92 Å². The molecule has 2 aromatic rings. The van der Waals surface area contributed by atoms with Gasteiger partial charge in [-0.15, -0.1) is 12.4 Å². The molecule has 1 atom stereocenters. The molecule has 0 heterocycles. The van der Waals surface area contributed by atoms with Gasteiger partial charge >= 0.3 is 0 Å². The number of nitrogens with two attached hydrogens (primary N) is 1. The third-order valence-electron chi connectivity index (χ3n) is 4.28. The van der Waals surface area contributed by atoms with Crippen LogP contribution in [0.4, 0.5) is 0 Å². The zero-order valence-electron chi connectivity index (χ0n) is 14.4. The van der Waals surface area contributed by atoms with E-state index in [2.05, 4.69) is 5.32 Å². The van der Waals surface area contributed by atoms with E-state index in [1.807, 2.05) is 18.2 Å². The predicted octanol–water partition coefficient (Wildman–Crippen LogP) is 2.57. The van der Waals surface area contributed by atoms with Crippen LogP contribution in [-0.2, 0) is 4.79 Å². The number of halogens is 1. The third kappa shape index (κ3) is 5.58. The first-order valence-corrected chi connectivity index (χ1v) is 8.48. The molecule has 1 unspecified atom stereocenters. The summed E-state index contributed by atoms with van der Waals surface area (Å²) in [5, 5.41) is 2.78. The highest BCUT2D eigenvalue weighted by molar-refractivity contribution is 6.08. The van der Waals surface area contributed by atoms with Gasteiger partial charge in [0.15, 0.2) is 12.4 Å². The molecule has 3 rings (SSSR count). The molecule has 1 fully saturated rings. The number of benzene rings is 2. The molecule has 26 heavy (non-hydrogen) atoms. The molecule has 0 aromatic heterocycles. The Bertz CT molecular complexity index is 730. The first-order valence-electron chi connectivity index (χ1n) is 8.48. The number of carbonyl (C=O) groups excluding carboxylic acids is 2. The number of ketones is 1. The average molecular weight is 375 g/mol. The molecule has 6 heteroatoms. The highest BCUT2D eigenvalue weighted by atomic mass is 35.5. The molecule has 1 aliphatic carbocycles. The van der Waals surface area contributed by atoms with Gasteiger partial charge < -0.3 is 15.8 Å². The summed E-state index contributed by atoms with van der Waals surface area (Å²) in [6.45, 7) is 0.417. The highest BCUT2D eigenvalue weighted by Gasteiger charge is 2.28. The molecule has 0 bridgehead atoms. The lowest BCUT2D eigenvalue weighted by atomic mass is 10.0. The van der Waals surface area contributed by atoms with E-state index < -0.39 is 0 Å². The Morgan fingerprint density at radius 3 is 2.27 bits per heavy atom. The van der Waals surface area contributed by atoms with Crippen LogP contribution in [0.15, 0.2) is 54.6 Å². The third-order valence-corrected chi connectivity index (χ3v) is 4.28. The van der Waals surface area contributed by atoms with Crippen LogP contribution < -0.4 is 15.8 Å². The maximum Gasteiger partial charge on any atom is 0.257 e. The predicted molar refractivity (Wildman–Crippen MR) is 103 cm³/mol. The van der Waals surface area contributed by atoms with Crippen molar-refractivity contribution in [1.29, 1.82) is 0 Å². The summed E-state index contributed by atoms with van der Waals surface area (Å²) in [6, 6.07) is 15.9. The van der Waals surface area contributed by atoms with Gasteiger partial charge in [-0.05, 0) is 43.0 Å². The number of nitrogens with one attached hydrogen (secondary N) is 1. The Balaban J connectivity index is 0.00000243. The smallest absolute Gasteiger partial charge is 0.257 e. The zero-order valence-corrected chi connectivity index (χ0v) is 15.2. The van der Waals surface area contributed by atoms with Crippen LogP contribution in [0.3, 0.4) is 0 Å². The summed E-state index contributed by atoms with van der Waals surface area (Å²) in [5.41, 5.74) is 7.16. The Kier molecular flexibility index (Phi) is 7.18. The minimum Gasteiger partial charge on any atom is -0.484 e. The fourth-order valence-corrected chi connectivity index (χ4v) is 2.58. The largest absolute Gasteiger partial charge is 0.484 e. The van der Waals surface area contributed by atoms with Crippen LogP contribution in [-0.4, -0.2) is 30.9 Å². The van der Waals surface area contributed by atoms with Gasteiger partial charge in [0, 0.05) is 23.7 Å². The molecule has 138 valence electrons. The highest BCUT2D eigenvalue weighted by Crippen LogP contribution is 2.31. The van der Waals surface area contributed by atoms with E-state index in [4.69, 9.17) is 10.5 Å². The van der Waals surface area contributed by atoms with Crippen molar-refractivity contribution in [3.8, 4) is 5.75 Å². The molecule has 1 amide bonds. The summed E-state index contributed by atoms with van der Waals surface area (Å²) < 4.78 is 5.45. The summed E-state index contributed by atoms with van der Waals surface area (Å²) in [4.78, 5) is 24.1. The van der Waals surface area contributed by atoms with Gasteiger partial charge in [0.1, 0.15) is 5.75 Å². The normalized spacial score (nSPS) is 14.0. The van der Waals surface area contributed by atoms with Crippen molar-refractivity contribution in [3.63, 3.8) is 0 Å². The molecule has 2 aromatic carbocycles. The lowest BCUT2D eigenvalue weighted by molar-refractivity contribution is -0.123. The molecular weight excluding hydrogens is 352 g/mol. The van der Waals surface area contributed by atoms with Gasteiger partial charge in [-0.1, -0.05) is 30.3 Å². The van der Waals surface area contributed by atoms with E-state index >= 15 is 0 Å². The molecule has 0 saturated heterocycles. The van der Waals surface area contributed by atoms with Gasteiger partial charge in [0.25, 0.3) is 5.91 Å². The van der Waals surface area contributed by atoms with E-state index in [-0.39, 0.29) is 36.7 Å². The number of ether oxygens (including phenoxy) is 1. The van der Waals surface area contributed by atoms with Crippen LogP contribution in [0.1, 0.15) is 28.8 Å². The van der Waals surface area contributed by atoms with Crippen molar-refractivity contribution in [3.05, 3.63) is 65.7 Å². The van der Waals surface area contributed by atoms with Gasteiger partial charge in [-0.3, -0.25) is 9.59 Å². The lowest BCUT2D eigenvalue weighted by Crippen LogP contribution is -2.40. The molecule has 0 aliphatic heterocycles. The van der Waals surface area contributed by atoms with Gasteiger partial charge in [0.2, 0.25) is 0 Å². The Hall–Kier alpha value is -2.37. The molecule has 0 radical (unpaired) electrons. The molecule has 1 saturated carbocycles. The van der Waals surface area contributed by atoms with Crippen LogP contribution in [0.25, 0.3) is 0 Å². The second-order valence-corrected chi connectivity index (χ2v) is 6.31. The number of hydrogen-bond donors (Lipinski definition) is 2. The van der Waals surface area contributed by atoms with Gasteiger partial charge in [-0.25, -0.2) is 0 Å². The number of carbonyl (C=O) groups is 2. The Morgan fingerprint density at radius 2 is 1.65 bits per heavy atom. The minimum absolute atomic E-state index is 0. The number of rotatable bonds is 8. The van der Waals surface area contributed by atoms with E-state index in [0.29, 0.717) is 29.3 Å². The summed E-state index contributed by atoms with van der Waals surface area (Å²) >= 11 is 0. The standard InChI is InChI=1S/C20H22N2O3.ClH/c21-18(14-6-7-14)12-22-19(23)13-25-17-10-8-16(9-11-17)20(24)15-4-2-1-3-5-15;/h1-5,8-11,14,18H,6-7,12-13,21H2,(H,22,23);1H. The fourth-order valence-electron chi connectivity index (χ4n) is 2.58. The summed E-state index contributed by atoms with van der Waals surface area (Å²) in [7, 11) is 0. The van der Waals surface area contributed by atoms with E-state index in [1.54, 1.807) is 36.4 Å². The van der Waals surface area contributed by atoms with Crippen molar-refractivity contribution >= 4 is 24.1 Å². The molecular formula is C20H23ClN2O3. The SMILES string of the molecule is Cl.NC(CNC(=O)COc1ccc(C(=O)c2ccccc2)cc1)C1CC1. The van der Waals surface area contributed by atoms with Gasteiger partial charge in [0.05, 0.1) is 0 Å². The van der Waals surface area contributed by atoms with Crippen molar-refractivity contribution in [1.82, 2.24) is 5.32 Å². The monoisotopic (exact) mass is 374 g/mol. The van der Waals surface area contributed by atoms with Crippen molar-refractivity contribution in [2.45, 2.75) is 18.9 Å². The maximum absolute atomic E-state index is 12.3. The Labute approximate surface area is 159 Å². The van der Waals surface area contributed by atoms with Crippen LogP contribution in [0.2, 0.25) is 0 Å². The van der Waals surface area contributed by atoms with Crippen molar-refractivity contribution < 1.29 is 14.3 Å². The summed E-state index contributed by atoms with van der Waals surface area (Å²) in [6.07, 6.45) is 2.31. The quantitative estimate of drug-likeness (QED) is 0.696. The fraction of sp³-hybridized carbons (Fsp3) is 0.300.